The van der Waals surface area contributed by atoms with Crippen molar-refractivity contribution in [2.75, 3.05) is 32.6 Å². The van der Waals surface area contributed by atoms with Crippen LogP contribution < -0.4 is 5.32 Å². The molecule has 1 atom stereocenters. The Morgan fingerprint density at radius 2 is 2.24 bits per heavy atom. The van der Waals surface area contributed by atoms with Gasteiger partial charge in [-0.3, -0.25) is 9.69 Å². The maximum atomic E-state index is 12.2. The minimum absolute atomic E-state index is 0.0334. The van der Waals surface area contributed by atoms with Crippen LogP contribution in [0.5, 0.6) is 0 Å². The fourth-order valence-corrected chi connectivity index (χ4v) is 2.86. The molecular weight excluding hydrogens is 286 g/mol. The number of carbonyl (C=O) groups is 1. The molecule has 2 aromatic rings. The summed E-state index contributed by atoms with van der Waals surface area (Å²) in [6.45, 7) is 3.42. The van der Waals surface area contributed by atoms with Crippen molar-refractivity contribution in [1.29, 1.82) is 0 Å². The number of hydrogen-bond acceptors (Lipinski definition) is 5. The highest BCUT2D eigenvalue weighted by atomic mass is 32.1. The summed E-state index contributed by atoms with van der Waals surface area (Å²) >= 11 is 1.49. The molecule has 0 aliphatic heterocycles. The number of aromatic nitrogens is 1. The number of rotatable bonds is 7. The molecule has 0 aliphatic rings. The van der Waals surface area contributed by atoms with E-state index >= 15 is 0 Å². The Morgan fingerprint density at radius 1 is 1.48 bits per heavy atom. The van der Waals surface area contributed by atoms with Gasteiger partial charge in [-0.15, -0.1) is 0 Å². The fourth-order valence-electron chi connectivity index (χ4n) is 1.99. The molecule has 0 radical (unpaired) electrons. The predicted molar refractivity (Wildman–Crippen MR) is 86.8 cm³/mol. The average Bonchev–Trinajstić information content (AvgIpc) is 2.88. The van der Waals surface area contributed by atoms with Crippen LogP contribution in [0.4, 0.5) is 5.13 Å². The Kier molecular flexibility index (Phi) is 5.67. The average molecular weight is 307 g/mol. The Bertz CT molecular complexity index is 566. The van der Waals surface area contributed by atoms with E-state index in [0.29, 0.717) is 11.7 Å². The molecule has 1 amide bonds. The largest absolute Gasteiger partial charge is 0.385 e. The molecular formula is C15H21N3O2S. The van der Waals surface area contributed by atoms with Crippen LogP contribution in [-0.2, 0) is 9.53 Å². The van der Waals surface area contributed by atoms with Crippen molar-refractivity contribution in [3.63, 3.8) is 0 Å². The van der Waals surface area contributed by atoms with E-state index < -0.39 is 0 Å². The van der Waals surface area contributed by atoms with Gasteiger partial charge in [0.25, 0.3) is 0 Å². The molecule has 21 heavy (non-hydrogen) atoms. The monoisotopic (exact) mass is 307 g/mol. The molecule has 0 saturated heterocycles. The van der Waals surface area contributed by atoms with Gasteiger partial charge in [-0.2, -0.15) is 0 Å². The second-order valence-electron chi connectivity index (χ2n) is 4.98. The number of thiazole rings is 1. The predicted octanol–water partition coefficient (Wildman–Crippen LogP) is 2.59. The third kappa shape index (κ3) is 4.23. The summed E-state index contributed by atoms with van der Waals surface area (Å²) < 4.78 is 6.10. The molecule has 0 aliphatic carbocycles. The summed E-state index contributed by atoms with van der Waals surface area (Å²) in [7, 11) is 3.63. The maximum absolute atomic E-state index is 12.2. The summed E-state index contributed by atoms with van der Waals surface area (Å²) in [5.41, 5.74) is 0.916. The first-order valence-electron chi connectivity index (χ1n) is 6.97. The van der Waals surface area contributed by atoms with Crippen molar-refractivity contribution in [2.24, 2.45) is 0 Å². The van der Waals surface area contributed by atoms with Crippen LogP contribution in [0.1, 0.15) is 13.3 Å². The molecule has 1 heterocycles. The number of nitrogens with one attached hydrogen (secondary N) is 1. The Balaban J connectivity index is 1.93. The first-order chi connectivity index (χ1) is 10.1. The molecule has 2 rings (SSSR count). The summed E-state index contributed by atoms with van der Waals surface area (Å²) in [4.78, 5) is 18.7. The lowest BCUT2D eigenvalue weighted by Gasteiger charge is -2.23. The van der Waals surface area contributed by atoms with Gasteiger partial charge in [0.15, 0.2) is 5.13 Å². The highest BCUT2D eigenvalue weighted by Gasteiger charge is 2.18. The number of methoxy groups -OCH3 is 1. The highest BCUT2D eigenvalue weighted by molar-refractivity contribution is 7.22. The number of nitrogens with zero attached hydrogens (tertiary/aromatic N) is 2. The summed E-state index contributed by atoms with van der Waals surface area (Å²) in [5, 5.41) is 3.55. The number of para-hydroxylation sites is 1. The second-order valence-corrected chi connectivity index (χ2v) is 6.01. The number of benzene rings is 1. The van der Waals surface area contributed by atoms with E-state index in [2.05, 4.69) is 10.3 Å². The number of hydrogen-bond donors (Lipinski definition) is 1. The van der Waals surface area contributed by atoms with E-state index in [1.165, 1.54) is 11.3 Å². The van der Waals surface area contributed by atoms with Gasteiger partial charge in [-0.05, 0) is 32.5 Å². The van der Waals surface area contributed by atoms with Gasteiger partial charge >= 0.3 is 0 Å². The van der Waals surface area contributed by atoms with Crippen molar-refractivity contribution in [3.05, 3.63) is 24.3 Å². The first kappa shape index (κ1) is 15.9. The normalized spacial score (nSPS) is 12.8. The molecule has 0 saturated carbocycles. The number of fused-ring (bicyclic) bond motifs is 1. The highest BCUT2D eigenvalue weighted by Crippen LogP contribution is 2.25. The molecule has 6 heteroatoms. The topological polar surface area (TPSA) is 54.5 Å². The zero-order valence-corrected chi connectivity index (χ0v) is 13.4. The smallest absolute Gasteiger partial charge is 0.243 e. The molecule has 5 nitrogen and oxygen atoms in total. The number of ether oxygens (including phenoxy) is 1. The van der Waals surface area contributed by atoms with Crippen molar-refractivity contribution >= 4 is 32.6 Å². The van der Waals surface area contributed by atoms with E-state index in [1.54, 1.807) is 7.11 Å². The van der Waals surface area contributed by atoms with Gasteiger partial charge < -0.3 is 10.1 Å². The third-order valence-corrected chi connectivity index (χ3v) is 4.38. The van der Waals surface area contributed by atoms with Crippen LogP contribution in [0.15, 0.2) is 24.3 Å². The molecule has 0 bridgehead atoms. The van der Waals surface area contributed by atoms with E-state index in [-0.39, 0.29) is 11.9 Å². The van der Waals surface area contributed by atoms with Crippen molar-refractivity contribution < 1.29 is 9.53 Å². The summed E-state index contributed by atoms with van der Waals surface area (Å²) in [5.74, 6) is -0.0334. The molecule has 0 spiro atoms. The van der Waals surface area contributed by atoms with Crippen LogP contribution in [0, 0.1) is 0 Å². The lowest BCUT2D eigenvalue weighted by molar-refractivity contribution is -0.120. The van der Waals surface area contributed by atoms with Crippen molar-refractivity contribution in [2.45, 2.75) is 19.4 Å². The lowest BCUT2D eigenvalue weighted by atomic mass is 10.2. The Morgan fingerprint density at radius 3 is 2.95 bits per heavy atom. The van der Waals surface area contributed by atoms with Crippen molar-refractivity contribution in [3.8, 4) is 0 Å². The molecule has 1 aromatic carbocycles. The SMILES string of the molecule is COCCCN(C)C(C)C(=O)Nc1nc2ccccc2s1. The van der Waals surface area contributed by atoms with Gasteiger partial charge in [0.2, 0.25) is 5.91 Å². The minimum atomic E-state index is -0.200. The van der Waals surface area contributed by atoms with E-state index in [1.807, 2.05) is 43.1 Å². The summed E-state index contributed by atoms with van der Waals surface area (Å²) in [6, 6.07) is 7.66. The molecule has 1 unspecified atom stereocenters. The van der Waals surface area contributed by atoms with Gasteiger partial charge in [-0.1, -0.05) is 23.5 Å². The van der Waals surface area contributed by atoms with E-state index in [0.717, 1.165) is 23.2 Å². The number of likely N-dealkylation sites (N-methyl/N-ethyl adjacent to an activating group) is 1. The van der Waals surface area contributed by atoms with Gasteiger partial charge in [-0.25, -0.2) is 4.98 Å². The van der Waals surface area contributed by atoms with Gasteiger partial charge in [0, 0.05) is 20.3 Å². The van der Waals surface area contributed by atoms with E-state index in [9.17, 15) is 4.79 Å². The molecule has 1 aromatic heterocycles. The molecule has 114 valence electrons. The number of amides is 1. The maximum Gasteiger partial charge on any atom is 0.243 e. The number of carbonyl (C=O) groups excluding carboxylic acids is 1. The van der Waals surface area contributed by atoms with Crippen LogP contribution in [0.2, 0.25) is 0 Å². The van der Waals surface area contributed by atoms with Crippen LogP contribution in [-0.4, -0.2) is 49.1 Å². The second kappa shape index (κ2) is 7.49. The number of anilines is 1. The minimum Gasteiger partial charge on any atom is -0.385 e. The third-order valence-electron chi connectivity index (χ3n) is 3.42. The Labute approximate surface area is 128 Å². The lowest BCUT2D eigenvalue weighted by Crippen LogP contribution is -2.40. The van der Waals surface area contributed by atoms with Gasteiger partial charge in [0.05, 0.1) is 16.3 Å². The standard InChI is InChI=1S/C15H21N3O2S/c1-11(18(2)9-6-10-20-3)14(19)17-15-16-12-7-4-5-8-13(12)21-15/h4-5,7-8,11H,6,9-10H2,1-3H3,(H,16,17,19). The van der Waals surface area contributed by atoms with Crippen LogP contribution in [0.25, 0.3) is 10.2 Å². The Hall–Kier alpha value is -1.50. The molecule has 0 fully saturated rings. The van der Waals surface area contributed by atoms with E-state index in [4.69, 9.17) is 4.74 Å². The first-order valence-corrected chi connectivity index (χ1v) is 7.79. The molecule has 1 N–H and O–H groups in total. The van der Waals surface area contributed by atoms with Gasteiger partial charge in [0.1, 0.15) is 0 Å². The van der Waals surface area contributed by atoms with Crippen LogP contribution in [0.3, 0.4) is 0 Å². The zero-order valence-electron chi connectivity index (χ0n) is 12.6. The van der Waals surface area contributed by atoms with Crippen molar-refractivity contribution in [1.82, 2.24) is 9.88 Å². The fraction of sp³-hybridized carbons (Fsp3) is 0.467. The zero-order chi connectivity index (χ0) is 15.2. The summed E-state index contributed by atoms with van der Waals surface area (Å²) in [6.07, 6.45) is 0.908. The van der Waals surface area contributed by atoms with Crippen LogP contribution >= 0.6 is 11.3 Å². The quantitative estimate of drug-likeness (QED) is 0.799.